The Labute approximate surface area is 501 Å². The van der Waals surface area contributed by atoms with Crippen molar-refractivity contribution in [2.45, 2.75) is 244 Å². The molecule has 0 radical (unpaired) electrons. The molecule has 16 heteroatoms. The highest BCUT2D eigenvalue weighted by Crippen LogP contribution is 2.38. The summed E-state index contributed by atoms with van der Waals surface area (Å²) in [6, 6.07) is 23.5. The van der Waals surface area contributed by atoms with Crippen molar-refractivity contribution in [2.24, 2.45) is 0 Å². The number of hydrogen-bond donors (Lipinski definition) is 1. The average Bonchev–Trinajstić information content (AvgIpc) is 3.68. The minimum atomic E-state index is -2.19. The molecule has 0 unspecified atom stereocenters. The van der Waals surface area contributed by atoms with Crippen molar-refractivity contribution < 1.29 is 71.4 Å². The molecule has 1 saturated heterocycles. The summed E-state index contributed by atoms with van der Waals surface area (Å²) in [5.41, 5.74) is 0.496. The summed E-state index contributed by atoms with van der Waals surface area (Å²) in [6.45, 7) is 7.81. The Morgan fingerprint density at radius 3 is 1.44 bits per heavy atom. The van der Waals surface area contributed by atoms with Gasteiger partial charge in [-0.15, -0.1) is 0 Å². The summed E-state index contributed by atoms with van der Waals surface area (Å²) in [5.74, 6) is -4.94. The molecule has 4 rings (SSSR count). The van der Waals surface area contributed by atoms with Crippen molar-refractivity contribution in [3.8, 4) is 0 Å². The molecule has 1 N–H and O–H groups in total. The van der Waals surface area contributed by atoms with E-state index in [4.69, 9.17) is 42.6 Å². The zero-order valence-corrected chi connectivity index (χ0v) is 51.1. The maximum absolute atomic E-state index is 14.3. The van der Waals surface area contributed by atoms with Gasteiger partial charge in [-0.25, -0.2) is 24.0 Å². The second-order valence-corrected chi connectivity index (χ2v) is 21.8. The Hall–Kier alpha value is -6.26. The van der Waals surface area contributed by atoms with Gasteiger partial charge in [0, 0.05) is 6.42 Å². The van der Waals surface area contributed by atoms with E-state index in [9.17, 15) is 28.8 Å². The smallest absolute Gasteiger partial charge is 0.452 e. The molecule has 0 spiro atoms. The number of carbonyl (C=O) groups is 6. The van der Waals surface area contributed by atoms with Crippen molar-refractivity contribution in [3.63, 3.8) is 0 Å². The lowest BCUT2D eigenvalue weighted by molar-refractivity contribution is -0.355. The van der Waals surface area contributed by atoms with Crippen LogP contribution in [0.4, 0.5) is 9.59 Å². The lowest BCUT2D eigenvalue weighted by Crippen LogP contribution is -2.68. The molecule has 3 aromatic carbocycles. The van der Waals surface area contributed by atoms with Crippen molar-refractivity contribution in [2.75, 3.05) is 26.4 Å². The molecule has 16 nitrogen and oxygen atoms in total. The van der Waals surface area contributed by atoms with Gasteiger partial charge >= 0.3 is 30.2 Å². The first kappa shape index (κ1) is 70.2. The molecule has 466 valence electrons. The number of hydrogen-bond acceptors (Lipinski definition) is 15. The fraction of sp³-hybridized carbons (Fsp3) is 0.618. The number of carbonyl (C=O) groups excluding carboxylic acids is 6. The molecular formula is C68H99NO15. The zero-order valence-electron chi connectivity index (χ0n) is 51.1. The second kappa shape index (κ2) is 42.5. The number of amides is 1. The number of nitrogens with one attached hydrogen (secondary N) is 1. The molecule has 7 atom stereocenters. The van der Waals surface area contributed by atoms with Crippen LogP contribution in [0.1, 0.15) is 233 Å². The minimum absolute atomic E-state index is 0.0288. The molecule has 1 amide bonds. The first-order chi connectivity index (χ1) is 40.9. The van der Waals surface area contributed by atoms with E-state index in [-0.39, 0.29) is 42.2 Å². The summed E-state index contributed by atoms with van der Waals surface area (Å²) in [6.07, 6.45) is 22.4. The van der Waals surface area contributed by atoms with Crippen LogP contribution < -0.4 is 5.32 Å². The van der Waals surface area contributed by atoms with E-state index in [1.807, 2.05) is 6.08 Å². The van der Waals surface area contributed by atoms with Gasteiger partial charge in [0.25, 0.3) is 0 Å². The van der Waals surface area contributed by atoms with Crippen LogP contribution >= 0.6 is 0 Å². The molecule has 1 aliphatic heterocycles. The fourth-order valence-electron chi connectivity index (χ4n) is 10.1. The Morgan fingerprint density at radius 1 is 0.512 bits per heavy atom. The van der Waals surface area contributed by atoms with Crippen molar-refractivity contribution in [1.29, 1.82) is 0 Å². The van der Waals surface area contributed by atoms with Gasteiger partial charge < -0.3 is 47.9 Å². The standard InChI is InChI=1S/C68H99NO15/c1-6-10-12-14-16-18-20-22-24-26-28-30-41-49-57(80-63(71)53-43-35-32-36-44-53)56(69-59(70)50-42-31-29-27-25-23-21-19-17-15-13-11-7-2)51-79-68(5)62(83-65(73)55-47-39-34-40-48-55)61(81-64(72)54-45-37-33-38-46-54)60(82-67(75)77-9-4)58(84-68)52-78-66(74)76-8-3/h32-41,43-49,56-58,60-62H,6-31,42,50-52H2,1-5H3,(H,69,70)/t56-,57+,58+,60-,61-,62+,68-/m0/s1. The van der Waals surface area contributed by atoms with E-state index in [0.717, 1.165) is 44.9 Å². The van der Waals surface area contributed by atoms with Crippen LogP contribution in [-0.4, -0.2) is 105 Å². The normalized spacial score (nSPS) is 18.2. The number of allylic oxidation sites excluding steroid dienone is 1. The highest BCUT2D eigenvalue weighted by atomic mass is 16.8. The monoisotopic (exact) mass is 1170 g/mol. The van der Waals surface area contributed by atoms with E-state index in [0.29, 0.717) is 12.8 Å². The minimum Gasteiger partial charge on any atom is -0.452 e. The van der Waals surface area contributed by atoms with Crippen LogP contribution in [0.2, 0.25) is 0 Å². The number of unbranched alkanes of at least 4 members (excludes halogenated alkanes) is 23. The summed E-state index contributed by atoms with van der Waals surface area (Å²) in [4.78, 5) is 83.0. The van der Waals surface area contributed by atoms with Crippen LogP contribution in [0.5, 0.6) is 0 Å². The van der Waals surface area contributed by atoms with E-state index in [1.165, 1.54) is 134 Å². The molecule has 0 saturated carbocycles. The molecule has 1 heterocycles. The fourth-order valence-corrected chi connectivity index (χ4v) is 10.1. The maximum Gasteiger partial charge on any atom is 0.508 e. The van der Waals surface area contributed by atoms with Gasteiger partial charge in [0.15, 0.2) is 18.3 Å². The third-order valence-electron chi connectivity index (χ3n) is 14.9. The highest BCUT2D eigenvalue weighted by molar-refractivity contribution is 5.91. The summed E-state index contributed by atoms with van der Waals surface area (Å²) in [5, 5.41) is 3.12. The van der Waals surface area contributed by atoms with Crippen LogP contribution in [-0.2, 0) is 47.4 Å². The number of rotatable bonds is 43. The molecule has 0 aromatic heterocycles. The number of esters is 3. The second-order valence-electron chi connectivity index (χ2n) is 21.8. The molecule has 1 aliphatic rings. The van der Waals surface area contributed by atoms with Gasteiger partial charge in [0.2, 0.25) is 11.7 Å². The lowest BCUT2D eigenvalue weighted by atomic mass is 9.92. The third-order valence-corrected chi connectivity index (χ3v) is 14.9. The summed E-state index contributed by atoms with van der Waals surface area (Å²) < 4.78 is 53.9. The average molecular weight is 1170 g/mol. The Bertz CT molecular complexity index is 2320. The number of benzene rings is 3. The highest BCUT2D eigenvalue weighted by Gasteiger charge is 2.60. The van der Waals surface area contributed by atoms with E-state index < -0.39 is 85.8 Å². The molecule has 3 aromatic rings. The summed E-state index contributed by atoms with van der Waals surface area (Å²) in [7, 11) is 0. The Balaban J connectivity index is 1.71. The third kappa shape index (κ3) is 27.6. The first-order valence-electron chi connectivity index (χ1n) is 31.6. The largest absolute Gasteiger partial charge is 0.508 e. The molecule has 0 aliphatic carbocycles. The SMILES string of the molecule is CCCCCCCCCCCCCC=C[C@@H](OC(=O)c1ccccc1)[C@H](CO[C@@]1(C)O[C@H](COC(=O)OCC)[C@H](OC(=O)OCC)[C@H](OC(=O)c2ccccc2)[C@H]1OC(=O)c1ccccc1)NC(=O)CCCCCCCCCCCCCCC. The molecular weight excluding hydrogens is 1070 g/mol. The van der Waals surface area contributed by atoms with Crippen molar-refractivity contribution in [1.82, 2.24) is 5.32 Å². The van der Waals surface area contributed by atoms with Gasteiger partial charge in [0.1, 0.15) is 18.8 Å². The molecule has 0 bridgehead atoms. The van der Waals surface area contributed by atoms with Gasteiger partial charge in [0.05, 0.1) is 42.6 Å². The van der Waals surface area contributed by atoms with Crippen LogP contribution in [0.3, 0.4) is 0 Å². The number of ether oxygens (including phenoxy) is 9. The van der Waals surface area contributed by atoms with Crippen molar-refractivity contribution >= 4 is 36.1 Å². The van der Waals surface area contributed by atoms with Gasteiger partial charge in [-0.1, -0.05) is 216 Å². The molecule has 84 heavy (non-hydrogen) atoms. The maximum atomic E-state index is 14.3. The quantitative estimate of drug-likeness (QED) is 0.0243. The molecule has 1 fully saturated rings. The Morgan fingerprint density at radius 2 is 0.952 bits per heavy atom. The lowest BCUT2D eigenvalue weighted by Gasteiger charge is -2.49. The van der Waals surface area contributed by atoms with Crippen LogP contribution in [0.15, 0.2) is 103 Å². The van der Waals surface area contributed by atoms with Crippen molar-refractivity contribution in [3.05, 3.63) is 120 Å². The van der Waals surface area contributed by atoms with Crippen LogP contribution in [0.25, 0.3) is 0 Å². The van der Waals surface area contributed by atoms with Crippen LogP contribution in [0, 0.1) is 0 Å². The Kier molecular flexibility index (Phi) is 35.6. The van der Waals surface area contributed by atoms with E-state index >= 15 is 0 Å². The topological polar surface area (TPSA) is 198 Å². The predicted molar refractivity (Wildman–Crippen MR) is 323 cm³/mol. The van der Waals surface area contributed by atoms with E-state index in [1.54, 1.807) is 86.7 Å². The van der Waals surface area contributed by atoms with Gasteiger partial charge in [-0.3, -0.25) is 4.79 Å². The summed E-state index contributed by atoms with van der Waals surface area (Å²) >= 11 is 0. The van der Waals surface area contributed by atoms with E-state index in [2.05, 4.69) is 19.2 Å². The zero-order chi connectivity index (χ0) is 60.5. The first-order valence-corrected chi connectivity index (χ1v) is 31.6. The van der Waals surface area contributed by atoms with Gasteiger partial charge in [-0.05, 0) is 82.5 Å². The predicted octanol–water partition coefficient (Wildman–Crippen LogP) is 15.7. The van der Waals surface area contributed by atoms with Gasteiger partial charge in [-0.2, -0.15) is 0 Å².